The highest BCUT2D eigenvalue weighted by molar-refractivity contribution is 5.98. The fourth-order valence-corrected chi connectivity index (χ4v) is 3.12. The molecule has 0 saturated heterocycles. The summed E-state index contributed by atoms with van der Waals surface area (Å²) in [6.45, 7) is 3.47. The van der Waals surface area contributed by atoms with Crippen molar-refractivity contribution in [3.8, 4) is 23.8 Å². The van der Waals surface area contributed by atoms with Gasteiger partial charge in [0.25, 0.3) is 0 Å². The molecule has 0 bridgehead atoms. The third-order valence-corrected chi connectivity index (χ3v) is 4.59. The number of aliphatic carboxylic acids is 1. The van der Waals surface area contributed by atoms with E-state index in [1.165, 1.54) is 6.92 Å². The Morgan fingerprint density at radius 3 is 2.75 bits per heavy atom. The van der Waals surface area contributed by atoms with E-state index < -0.39 is 18.1 Å². The van der Waals surface area contributed by atoms with E-state index in [9.17, 15) is 10.1 Å². The molecule has 2 heterocycles. The van der Waals surface area contributed by atoms with Crippen LogP contribution in [-0.4, -0.2) is 34.7 Å². The third kappa shape index (κ3) is 4.11. The Bertz CT molecular complexity index is 1180. The number of guanidine groups is 1. The van der Waals surface area contributed by atoms with Crippen molar-refractivity contribution in [2.45, 2.75) is 26.0 Å². The normalized spacial score (nSPS) is 15.1. The van der Waals surface area contributed by atoms with Gasteiger partial charge in [-0.05, 0) is 31.5 Å². The molecule has 3 rings (SSSR count). The highest BCUT2D eigenvalue weighted by Gasteiger charge is 2.30. The van der Waals surface area contributed by atoms with Crippen LogP contribution in [0.25, 0.3) is 0 Å². The van der Waals surface area contributed by atoms with Gasteiger partial charge in [0.1, 0.15) is 29.3 Å². The molecule has 0 saturated carbocycles. The van der Waals surface area contributed by atoms with Gasteiger partial charge in [-0.25, -0.2) is 14.8 Å². The Balaban J connectivity index is 2.15. The largest absolute Gasteiger partial charge is 0.490 e. The number of carboxylic acids is 1. The van der Waals surface area contributed by atoms with Crippen molar-refractivity contribution < 1.29 is 19.4 Å². The molecule has 1 aliphatic rings. The molecule has 2 unspecified atom stereocenters. The Hall–Kier alpha value is -4.71. The second-order valence-electron chi connectivity index (χ2n) is 6.64. The molecule has 0 radical (unpaired) electrons. The zero-order valence-electron chi connectivity index (χ0n) is 17.2. The summed E-state index contributed by atoms with van der Waals surface area (Å²) in [5.41, 5.74) is 13.2. The van der Waals surface area contributed by atoms with Crippen molar-refractivity contribution in [2.24, 2.45) is 4.99 Å². The van der Waals surface area contributed by atoms with Crippen LogP contribution < -0.4 is 31.6 Å². The number of ether oxygens (including phenoxy) is 2. The van der Waals surface area contributed by atoms with Gasteiger partial charge in [0, 0.05) is 5.56 Å². The van der Waals surface area contributed by atoms with Crippen LogP contribution in [-0.2, 0) is 4.79 Å². The second-order valence-corrected chi connectivity index (χ2v) is 6.64. The van der Waals surface area contributed by atoms with Gasteiger partial charge in [0.15, 0.2) is 23.8 Å². The number of anilines is 3. The maximum absolute atomic E-state index is 11.2. The number of pyridine rings is 1. The number of aliphatic imine (C=N–C) groups is 1. The average Bonchev–Trinajstić information content (AvgIpc) is 2.74. The van der Waals surface area contributed by atoms with Crippen molar-refractivity contribution >= 4 is 29.3 Å². The first-order valence-electron chi connectivity index (χ1n) is 9.45. The molecule has 0 fully saturated rings. The summed E-state index contributed by atoms with van der Waals surface area (Å²) in [5.74, 6) is -0.296. The molecule has 2 aromatic rings. The lowest BCUT2D eigenvalue weighted by Crippen LogP contribution is -2.32. The zero-order valence-corrected chi connectivity index (χ0v) is 17.2. The second kappa shape index (κ2) is 8.97. The lowest BCUT2D eigenvalue weighted by molar-refractivity contribution is -0.144. The summed E-state index contributed by atoms with van der Waals surface area (Å²) < 4.78 is 11.1. The molecule has 12 heteroatoms. The van der Waals surface area contributed by atoms with Gasteiger partial charge in [-0.15, -0.1) is 0 Å². The summed E-state index contributed by atoms with van der Waals surface area (Å²) >= 11 is 0. The molecule has 7 N–H and O–H groups in total. The predicted octanol–water partition coefficient (Wildman–Crippen LogP) is 1.31. The number of nitrogen functional groups attached to an aromatic ring is 2. The van der Waals surface area contributed by atoms with E-state index in [1.807, 2.05) is 6.07 Å². The first-order chi connectivity index (χ1) is 15.3. The Labute approximate surface area is 183 Å². The van der Waals surface area contributed by atoms with Crippen molar-refractivity contribution in [1.29, 1.82) is 10.5 Å². The molecule has 1 aliphatic heterocycles. The molecular formula is C20H20N8O4. The first-order valence-corrected chi connectivity index (χ1v) is 9.45. The molecule has 32 heavy (non-hydrogen) atoms. The lowest BCUT2D eigenvalue weighted by Gasteiger charge is -2.26. The first kappa shape index (κ1) is 22.0. The topological polar surface area (TPSA) is 205 Å². The molecule has 0 amide bonds. The van der Waals surface area contributed by atoms with Crippen LogP contribution in [0.3, 0.4) is 0 Å². The number of hydrogen-bond acceptors (Lipinski definition) is 11. The summed E-state index contributed by atoms with van der Waals surface area (Å²) in [6.07, 6.45) is 0.686. The number of rotatable bonds is 6. The minimum atomic E-state index is -1.12. The van der Waals surface area contributed by atoms with Crippen LogP contribution >= 0.6 is 0 Å². The fourth-order valence-electron chi connectivity index (χ4n) is 3.12. The van der Waals surface area contributed by atoms with Crippen molar-refractivity contribution in [3.63, 3.8) is 0 Å². The van der Waals surface area contributed by atoms with E-state index in [0.29, 0.717) is 23.5 Å². The molecule has 0 aliphatic carbocycles. The molecule has 12 nitrogen and oxygen atoms in total. The minimum Gasteiger partial charge on any atom is -0.490 e. The van der Waals surface area contributed by atoms with Gasteiger partial charge < -0.3 is 31.4 Å². The van der Waals surface area contributed by atoms with Gasteiger partial charge in [-0.3, -0.25) is 5.32 Å². The van der Waals surface area contributed by atoms with Crippen molar-refractivity contribution in [2.75, 3.05) is 23.4 Å². The van der Waals surface area contributed by atoms with Crippen LogP contribution in [0.4, 0.5) is 17.3 Å². The third-order valence-electron chi connectivity index (χ3n) is 4.59. The number of aromatic nitrogens is 1. The summed E-state index contributed by atoms with van der Waals surface area (Å²) in [4.78, 5) is 19.8. The minimum absolute atomic E-state index is 0.0164. The zero-order chi connectivity index (χ0) is 23.4. The van der Waals surface area contributed by atoms with Gasteiger partial charge >= 0.3 is 5.97 Å². The smallest absolute Gasteiger partial charge is 0.344 e. The number of nitrogens with zero attached hydrogens (tertiary/aromatic N) is 4. The number of carbonyl (C=O) groups is 1. The van der Waals surface area contributed by atoms with E-state index in [1.54, 1.807) is 31.3 Å². The van der Waals surface area contributed by atoms with Crippen LogP contribution in [0.2, 0.25) is 0 Å². The Kier molecular flexibility index (Phi) is 6.16. The van der Waals surface area contributed by atoms with Crippen LogP contribution in [0.5, 0.6) is 11.5 Å². The van der Waals surface area contributed by atoms with Gasteiger partial charge in [-0.2, -0.15) is 10.5 Å². The van der Waals surface area contributed by atoms with Crippen LogP contribution in [0.1, 0.15) is 36.6 Å². The van der Waals surface area contributed by atoms with Gasteiger partial charge in [0.05, 0.1) is 12.3 Å². The van der Waals surface area contributed by atoms with E-state index >= 15 is 0 Å². The van der Waals surface area contributed by atoms with E-state index in [4.69, 9.17) is 31.3 Å². The monoisotopic (exact) mass is 436 g/mol. The SMILES string of the molecule is CCOc1cc(C2N=C(NC#N)Nc3nc(N)c(C#N)c(N)c32)ccc1OC(C)C(=O)O. The standard InChI is InChI=1S/C20H20N8O4/c1-3-31-13-6-10(4-5-12(13)32-9(2)19(29)30)16-14-15(23)11(7-21)17(24)27-18(14)28-20(26-16)25-8-22/h4-6,9,16H,3H2,1-2H3,(H,29,30)(H6,23,24,25,26,27,28). The Morgan fingerprint density at radius 2 is 2.12 bits per heavy atom. The van der Waals surface area contributed by atoms with Crippen LogP contribution in [0, 0.1) is 22.8 Å². The van der Waals surface area contributed by atoms with Crippen molar-refractivity contribution in [3.05, 3.63) is 34.9 Å². The van der Waals surface area contributed by atoms with E-state index in [2.05, 4.69) is 20.6 Å². The summed E-state index contributed by atoms with van der Waals surface area (Å²) in [6, 6.07) is 6.00. The quantitative estimate of drug-likeness (QED) is 0.322. The van der Waals surface area contributed by atoms with E-state index in [-0.39, 0.29) is 34.6 Å². The lowest BCUT2D eigenvalue weighted by atomic mass is 9.95. The maximum Gasteiger partial charge on any atom is 0.344 e. The van der Waals surface area contributed by atoms with Gasteiger partial charge in [0.2, 0.25) is 5.96 Å². The van der Waals surface area contributed by atoms with Gasteiger partial charge in [-0.1, -0.05) is 6.07 Å². The predicted molar refractivity (Wildman–Crippen MR) is 115 cm³/mol. The van der Waals surface area contributed by atoms with E-state index in [0.717, 1.165) is 0 Å². The number of benzene rings is 1. The molecule has 164 valence electrons. The number of nitrogens with two attached hydrogens (primary N) is 2. The Morgan fingerprint density at radius 1 is 1.38 bits per heavy atom. The molecule has 2 atom stereocenters. The fraction of sp³-hybridized carbons (Fsp3) is 0.250. The number of fused-ring (bicyclic) bond motifs is 1. The highest BCUT2D eigenvalue weighted by atomic mass is 16.5. The summed E-state index contributed by atoms with van der Waals surface area (Å²) in [5, 5.41) is 32.8. The number of carboxylic acid groups (broad SMARTS) is 1. The maximum atomic E-state index is 11.2. The number of hydrogen-bond donors (Lipinski definition) is 5. The molecular weight excluding hydrogens is 416 g/mol. The van der Waals surface area contributed by atoms with Crippen LogP contribution in [0.15, 0.2) is 23.2 Å². The molecule has 0 spiro atoms. The highest BCUT2D eigenvalue weighted by Crippen LogP contribution is 2.42. The van der Waals surface area contributed by atoms with Crippen molar-refractivity contribution in [1.82, 2.24) is 10.3 Å². The number of nitrogens with one attached hydrogen (secondary N) is 2. The number of nitriles is 2. The molecule has 1 aromatic carbocycles. The molecule has 1 aromatic heterocycles. The average molecular weight is 436 g/mol. The summed E-state index contributed by atoms with van der Waals surface area (Å²) in [7, 11) is 0.